The first-order valence-corrected chi connectivity index (χ1v) is 10.4. The van der Waals surface area contributed by atoms with Gasteiger partial charge in [0.05, 0.1) is 6.61 Å². The van der Waals surface area contributed by atoms with Gasteiger partial charge in [-0.3, -0.25) is 9.78 Å². The molecule has 2 aromatic rings. The maximum Gasteiger partial charge on any atom is 0.223 e. The molecule has 1 N–H and O–H groups in total. The molecular formula is C24H32N2O2. The van der Waals surface area contributed by atoms with Crippen molar-refractivity contribution in [1.82, 2.24) is 10.3 Å². The summed E-state index contributed by atoms with van der Waals surface area (Å²) in [6, 6.07) is 6.07. The van der Waals surface area contributed by atoms with Gasteiger partial charge in [-0.2, -0.15) is 0 Å². The fourth-order valence-corrected chi connectivity index (χ4v) is 4.18. The van der Waals surface area contributed by atoms with E-state index in [4.69, 9.17) is 4.74 Å². The van der Waals surface area contributed by atoms with E-state index in [9.17, 15) is 4.79 Å². The van der Waals surface area contributed by atoms with E-state index in [1.807, 2.05) is 12.1 Å². The lowest BCUT2D eigenvalue weighted by Gasteiger charge is -2.31. The molecule has 0 radical (unpaired) electrons. The average Bonchev–Trinajstić information content (AvgIpc) is 2.73. The number of fused-ring (bicyclic) bond motifs is 1. The molecule has 1 aromatic heterocycles. The molecule has 0 aliphatic heterocycles. The maximum atomic E-state index is 12.7. The summed E-state index contributed by atoms with van der Waals surface area (Å²) in [4.78, 5) is 16.8. The number of pyridine rings is 1. The summed E-state index contributed by atoms with van der Waals surface area (Å²) in [5.74, 6) is 1.49. The van der Waals surface area contributed by atoms with Gasteiger partial charge in [0.15, 0.2) is 0 Å². The summed E-state index contributed by atoms with van der Waals surface area (Å²) in [5.41, 5.74) is 6.46. The number of amides is 1. The van der Waals surface area contributed by atoms with Crippen molar-refractivity contribution in [2.45, 2.75) is 59.9 Å². The van der Waals surface area contributed by atoms with Crippen molar-refractivity contribution in [2.24, 2.45) is 11.8 Å². The van der Waals surface area contributed by atoms with Crippen molar-refractivity contribution < 1.29 is 9.53 Å². The number of hydrogen-bond donors (Lipinski definition) is 1. The SMILES string of the molecule is CCCOc1cc(C)c2c(c1C)C[C@H]([C@H](C)C(=O)NCc1cccnc1)CC2. The van der Waals surface area contributed by atoms with Crippen molar-refractivity contribution in [2.75, 3.05) is 6.61 Å². The molecule has 150 valence electrons. The molecule has 0 fully saturated rings. The van der Waals surface area contributed by atoms with Crippen LogP contribution in [0.15, 0.2) is 30.6 Å². The van der Waals surface area contributed by atoms with E-state index in [0.29, 0.717) is 12.5 Å². The second-order valence-corrected chi connectivity index (χ2v) is 7.99. The van der Waals surface area contributed by atoms with Gasteiger partial charge in [0.25, 0.3) is 0 Å². The second kappa shape index (κ2) is 9.22. The van der Waals surface area contributed by atoms with Gasteiger partial charge in [-0.25, -0.2) is 0 Å². The third-order valence-electron chi connectivity index (χ3n) is 6.01. The number of rotatable bonds is 7. The van der Waals surface area contributed by atoms with Crippen LogP contribution in [-0.2, 0) is 24.2 Å². The number of carbonyl (C=O) groups excluding carboxylic acids is 1. The Morgan fingerprint density at radius 1 is 1.36 bits per heavy atom. The largest absolute Gasteiger partial charge is 0.493 e. The molecular weight excluding hydrogens is 348 g/mol. The molecule has 0 saturated carbocycles. The summed E-state index contributed by atoms with van der Waals surface area (Å²) in [6.45, 7) is 9.82. The molecule has 4 heteroatoms. The van der Waals surface area contributed by atoms with E-state index >= 15 is 0 Å². The quantitative estimate of drug-likeness (QED) is 0.767. The van der Waals surface area contributed by atoms with Gasteiger partial charge in [-0.1, -0.05) is 19.9 Å². The first-order chi connectivity index (χ1) is 13.5. The van der Waals surface area contributed by atoms with E-state index in [1.54, 1.807) is 12.4 Å². The highest BCUT2D eigenvalue weighted by Crippen LogP contribution is 2.37. The van der Waals surface area contributed by atoms with Gasteiger partial charge in [0, 0.05) is 24.9 Å². The molecule has 2 atom stereocenters. The summed E-state index contributed by atoms with van der Waals surface area (Å²) in [5, 5.41) is 3.08. The van der Waals surface area contributed by atoms with Crippen molar-refractivity contribution >= 4 is 5.91 Å². The minimum absolute atomic E-state index is 0.00950. The van der Waals surface area contributed by atoms with Gasteiger partial charge in [0.2, 0.25) is 5.91 Å². The molecule has 0 saturated heterocycles. The van der Waals surface area contributed by atoms with Gasteiger partial charge in [-0.05, 0) is 85.4 Å². The molecule has 28 heavy (non-hydrogen) atoms. The second-order valence-electron chi connectivity index (χ2n) is 7.99. The van der Waals surface area contributed by atoms with Crippen LogP contribution in [0.2, 0.25) is 0 Å². The van der Waals surface area contributed by atoms with E-state index in [2.05, 4.69) is 44.1 Å². The van der Waals surface area contributed by atoms with E-state index in [0.717, 1.165) is 43.6 Å². The molecule has 1 amide bonds. The van der Waals surface area contributed by atoms with Crippen molar-refractivity contribution in [3.05, 3.63) is 58.4 Å². The Bertz CT molecular complexity index is 817. The predicted molar refractivity (Wildman–Crippen MR) is 112 cm³/mol. The third kappa shape index (κ3) is 4.54. The minimum Gasteiger partial charge on any atom is -0.493 e. The van der Waals surface area contributed by atoms with Crippen molar-refractivity contribution in [3.63, 3.8) is 0 Å². The molecule has 1 aromatic carbocycles. The average molecular weight is 381 g/mol. The standard InChI is InChI=1S/C24H32N2O2/c1-5-11-28-23-12-16(2)21-9-8-20(13-22(21)18(23)4)17(3)24(27)26-15-19-7-6-10-25-14-19/h6-7,10,12,14,17,20H,5,8-9,11,13,15H2,1-4H3,(H,26,27)/t17-,20+/m0/s1. The molecule has 1 aliphatic carbocycles. The number of aryl methyl sites for hydroxylation is 1. The molecule has 1 aliphatic rings. The molecule has 0 spiro atoms. The smallest absolute Gasteiger partial charge is 0.223 e. The Morgan fingerprint density at radius 2 is 2.18 bits per heavy atom. The van der Waals surface area contributed by atoms with Crippen molar-refractivity contribution in [1.29, 1.82) is 0 Å². The fraction of sp³-hybridized carbons (Fsp3) is 0.500. The Morgan fingerprint density at radius 3 is 2.89 bits per heavy atom. The fourth-order valence-electron chi connectivity index (χ4n) is 4.18. The maximum absolute atomic E-state index is 12.7. The lowest BCUT2D eigenvalue weighted by Crippen LogP contribution is -2.35. The number of hydrogen-bond acceptors (Lipinski definition) is 3. The van der Waals surface area contributed by atoms with E-state index in [1.165, 1.54) is 22.3 Å². The highest BCUT2D eigenvalue weighted by Gasteiger charge is 2.30. The van der Waals surface area contributed by atoms with Crippen LogP contribution in [-0.4, -0.2) is 17.5 Å². The van der Waals surface area contributed by atoms with E-state index in [-0.39, 0.29) is 11.8 Å². The lowest BCUT2D eigenvalue weighted by atomic mass is 9.74. The third-order valence-corrected chi connectivity index (χ3v) is 6.01. The van der Waals surface area contributed by atoms with Gasteiger partial charge < -0.3 is 10.1 Å². The molecule has 0 unspecified atom stereocenters. The van der Waals surface area contributed by atoms with Crippen molar-refractivity contribution in [3.8, 4) is 5.75 Å². The van der Waals surface area contributed by atoms with E-state index < -0.39 is 0 Å². The molecule has 3 rings (SSSR count). The minimum atomic E-state index is -0.00950. The Labute approximate surface area is 168 Å². The topological polar surface area (TPSA) is 51.2 Å². The number of carbonyl (C=O) groups is 1. The van der Waals surface area contributed by atoms with Gasteiger partial charge in [0.1, 0.15) is 5.75 Å². The number of nitrogens with one attached hydrogen (secondary N) is 1. The van der Waals surface area contributed by atoms with Crippen LogP contribution in [0.3, 0.4) is 0 Å². The zero-order valence-electron chi connectivity index (χ0n) is 17.5. The summed E-state index contributed by atoms with van der Waals surface area (Å²) >= 11 is 0. The van der Waals surface area contributed by atoms with Crippen LogP contribution in [0.25, 0.3) is 0 Å². The predicted octanol–water partition coefficient (Wildman–Crippen LogP) is 4.54. The summed E-state index contributed by atoms with van der Waals surface area (Å²) in [7, 11) is 0. The first-order valence-electron chi connectivity index (χ1n) is 10.4. The highest BCUT2D eigenvalue weighted by atomic mass is 16.5. The Hall–Kier alpha value is -2.36. The number of nitrogens with zero attached hydrogens (tertiary/aromatic N) is 1. The van der Waals surface area contributed by atoms with Crippen LogP contribution in [0.1, 0.15) is 54.5 Å². The van der Waals surface area contributed by atoms with Crippen LogP contribution in [0.4, 0.5) is 0 Å². The normalized spacial score (nSPS) is 16.9. The lowest BCUT2D eigenvalue weighted by molar-refractivity contribution is -0.126. The van der Waals surface area contributed by atoms with Crippen LogP contribution >= 0.6 is 0 Å². The Balaban J connectivity index is 1.69. The zero-order valence-corrected chi connectivity index (χ0v) is 17.5. The number of benzene rings is 1. The number of aromatic nitrogens is 1. The van der Waals surface area contributed by atoms with Gasteiger partial charge in [-0.15, -0.1) is 0 Å². The molecule has 4 nitrogen and oxygen atoms in total. The molecule has 0 bridgehead atoms. The van der Waals surface area contributed by atoms with Crippen LogP contribution in [0, 0.1) is 25.7 Å². The highest BCUT2D eigenvalue weighted by molar-refractivity contribution is 5.78. The zero-order chi connectivity index (χ0) is 20.1. The van der Waals surface area contributed by atoms with Crippen LogP contribution < -0.4 is 10.1 Å². The van der Waals surface area contributed by atoms with Crippen LogP contribution in [0.5, 0.6) is 5.75 Å². The molecule has 1 heterocycles. The number of ether oxygens (including phenoxy) is 1. The first kappa shape index (κ1) is 20.4. The summed E-state index contributed by atoms with van der Waals surface area (Å²) < 4.78 is 5.98. The summed E-state index contributed by atoms with van der Waals surface area (Å²) in [6.07, 6.45) is 7.60. The monoisotopic (exact) mass is 380 g/mol. The van der Waals surface area contributed by atoms with Gasteiger partial charge >= 0.3 is 0 Å². The Kier molecular flexibility index (Phi) is 6.71.